The Labute approximate surface area is 145 Å². The first-order chi connectivity index (χ1) is 11.1. The van der Waals surface area contributed by atoms with Gasteiger partial charge in [-0.3, -0.25) is 4.79 Å². The molecule has 2 nitrogen and oxygen atoms in total. The van der Waals surface area contributed by atoms with Crippen LogP contribution in [0.3, 0.4) is 0 Å². The van der Waals surface area contributed by atoms with E-state index in [1.165, 1.54) is 0 Å². The minimum Gasteiger partial charge on any atom is -0.384 e. The number of hydrogen-bond donors (Lipinski definition) is 1. The summed E-state index contributed by atoms with van der Waals surface area (Å²) in [4.78, 5) is 12.3. The van der Waals surface area contributed by atoms with Gasteiger partial charge in [-0.25, -0.2) is 0 Å². The molecule has 1 fully saturated rings. The molecular formula is C19H15Cl2NO. The number of hydrogen-bond acceptors (Lipinski definition) is 2. The molecule has 0 bridgehead atoms. The molecule has 0 amide bonds. The van der Waals surface area contributed by atoms with Gasteiger partial charge < -0.3 is 5.32 Å². The second-order valence-electron chi connectivity index (χ2n) is 5.32. The average molecular weight is 344 g/mol. The van der Waals surface area contributed by atoms with Crippen LogP contribution in [0.1, 0.15) is 17.5 Å². The Morgan fingerprint density at radius 2 is 1.35 bits per heavy atom. The van der Waals surface area contributed by atoms with Gasteiger partial charge in [0, 0.05) is 34.3 Å². The van der Waals surface area contributed by atoms with Gasteiger partial charge in [-0.15, -0.1) is 0 Å². The molecule has 1 N–H and O–H groups in total. The molecule has 0 aromatic heterocycles. The van der Waals surface area contributed by atoms with E-state index < -0.39 is 0 Å². The van der Waals surface area contributed by atoms with Crippen molar-refractivity contribution in [2.24, 2.45) is 0 Å². The summed E-state index contributed by atoms with van der Waals surface area (Å²) in [6.07, 6.45) is 4.36. The zero-order valence-corrected chi connectivity index (χ0v) is 13.9. The first-order valence-corrected chi connectivity index (χ1v) is 8.09. The number of halogens is 2. The van der Waals surface area contributed by atoms with Crippen LogP contribution in [-0.4, -0.2) is 12.3 Å². The first kappa shape index (κ1) is 15.9. The molecule has 0 spiro atoms. The fourth-order valence-corrected chi connectivity index (χ4v) is 2.68. The Balaban J connectivity index is 1.97. The summed E-state index contributed by atoms with van der Waals surface area (Å²) in [5.41, 5.74) is 3.46. The number of rotatable bonds is 2. The van der Waals surface area contributed by atoms with Gasteiger partial charge in [0.2, 0.25) is 0 Å². The molecule has 0 aliphatic carbocycles. The zero-order chi connectivity index (χ0) is 16.2. The number of carbonyl (C=O) groups excluding carboxylic acids is 1. The number of Topliss-reactive ketones (excluding diaryl/α,β-unsaturated/α-hetero) is 1. The van der Waals surface area contributed by atoms with Gasteiger partial charge in [0.1, 0.15) is 0 Å². The number of piperidine rings is 1. The van der Waals surface area contributed by atoms with Gasteiger partial charge in [-0.05, 0) is 47.5 Å². The van der Waals surface area contributed by atoms with E-state index in [9.17, 15) is 4.79 Å². The lowest BCUT2D eigenvalue weighted by molar-refractivity contribution is -0.115. The van der Waals surface area contributed by atoms with Gasteiger partial charge in [-0.1, -0.05) is 47.5 Å². The molecule has 0 atom stereocenters. The van der Waals surface area contributed by atoms with Gasteiger partial charge >= 0.3 is 0 Å². The summed E-state index contributed by atoms with van der Waals surface area (Å²) >= 11 is 11.8. The molecule has 0 saturated carbocycles. The van der Waals surface area contributed by atoms with Crippen molar-refractivity contribution < 1.29 is 4.79 Å². The molecule has 2 aromatic rings. The lowest BCUT2D eigenvalue weighted by Crippen LogP contribution is -2.28. The maximum absolute atomic E-state index is 12.3. The fourth-order valence-electron chi connectivity index (χ4n) is 2.43. The Bertz CT molecular complexity index is 774. The molecule has 2 aromatic carbocycles. The molecule has 116 valence electrons. The van der Waals surface area contributed by atoms with E-state index in [-0.39, 0.29) is 5.78 Å². The highest BCUT2D eigenvalue weighted by atomic mass is 35.5. The van der Waals surface area contributed by atoms with Crippen molar-refractivity contribution in [2.45, 2.75) is 6.42 Å². The number of ketones is 1. The largest absolute Gasteiger partial charge is 0.384 e. The highest BCUT2D eigenvalue weighted by Gasteiger charge is 2.19. The van der Waals surface area contributed by atoms with E-state index in [2.05, 4.69) is 5.32 Å². The van der Waals surface area contributed by atoms with E-state index in [1.807, 2.05) is 60.7 Å². The van der Waals surface area contributed by atoms with Crippen LogP contribution in [0.5, 0.6) is 0 Å². The molecule has 0 radical (unpaired) electrons. The summed E-state index contributed by atoms with van der Waals surface area (Å²) in [5, 5.41) is 4.68. The van der Waals surface area contributed by atoms with Crippen LogP contribution >= 0.6 is 23.2 Å². The van der Waals surface area contributed by atoms with Crippen LogP contribution in [0.2, 0.25) is 10.0 Å². The van der Waals surface area contributed by atoms with Crippen molar-refractivity contribution in [3.05, 3.63) is 81.0 Å². The maximum atomic E-state index is 12.3. The molecule has 1 saturated heterocycles. The highest BCUT2D eigenvalue weighted by Crippen LogP contribution is 2.23. The maximum Gasteiger partial charge on any atom is 0.166 e. The zero-order valence-electron chi connectivity index (χ0n) is 12.4. The topological polar surface area (TPSA) is 29.1 Å². The standard InChI is InChI=1S/C19H15Cl2NO/c20-15-5-1-13(2-6-15)11-17-18(22-10-9-19(17)23)12-14-3-7-16(21)8-4-14/h1-8,11-12,22H,9-10H2. The third-order valence-corrected chi connectivity index (χ3v) is 4.12. The van der Waals surface area contributed by atoms with Gasteiger partial charge in [0.15, 0.2) is 5.78 Å². The third kappa shape index (κ3) is 4.04. The third-order valence-electron chi connectivity index (χ3n) is 3.62. The highest BCUT2D eigenvalue weighted by molar-refractivity contribution is 6.30. The van der Waals surface area contributed by atoms with Crippen molar-refractivity contribution in [3.8, 4) is 0 Å². The van der Waals surface area contributed by atoms with Gasteiger partial charge in [-0.2, -0.15) is 0 Å². The SMILES string of the molecule is O=C1CCNC(=Cc2ccc(Cl)cc2)C1=Cc1ccc(Cl)cc1. The van der Waals surface area contributed by atoms with Crippen LogP contribution < -0.4 is 5.32 Å². The number of allylic oxidation sites excluding steroid dienone is 1. The van der Waals surface area contributed by atoms with E-state index >= 15 is 0 Å². The monoisotopic (exact) mass is 343 g/mol. The van der Waals surface area contributed by atoms with E-state index in [0.717, 1.165) is 16.8 Å². The summed E-state index contributed by atoms with van der Waals surface area (Å²) in [6.45, 7) is 0.649. The molecular weight excluding hydrogens is 329 g/mol. The Morgan fingerprint density at radius 3 is 1.91 bits per heavy atom. The number of benzene rings is 2. The minimum absolute atomic E-state index is 0.138. The Hall–Kier alpha value is -2.03. The molecule has 1 aliphatic rings. The van der Waals surface area contributed by atoms with Crippen LogP contribution in [0.25, 0.3) is 12.2 Å². The predicted molar refractivity (Wildman–Crippen MR) is 96.5 cm³/mol. The average Bonchev–Trinajstić information content (AvgIpc) is 2.55. The summed E-state index contributed by atoms with van der Waals surface area (Å²) in [6, 6.07) is 15.0. The lowest BCUT2D eigenvalue weighted by Gasteiger charge is -2.20. The van der Waals surface area contributed by atoms with E-state index in [1.54, 1.807) is 0 Å². The van der Waals surface area contributed by atoms with Crippen LogP contribution in [0.15, 0.2) is 59.8 Å². The first-order valence-electron chi connectivity index (χ1n) is 7.34. The molecule has 4 heteroatoms. The summed E-state index contributed by atoms with van der Waals surface area (Å²) < 4.78 is 0. The van der Waals surface area contributed by atoms with Crippen LogP contribution in [0.4, 0.5) is 0 Å². The molecule has 0 unspecified atom stereocenters. The Morgan fingerprint density at radius 1 is 0.826 bits per heavy atom. The number of nitrogens with one attached hydrogen (secondary N) is 1. The molecule has 3 rings (SSSR count). The van der Waals surface area contributed by atoms with Crippen molar-refractivity contribution in [2.75, 3.05) is 6.54 Å². The van der Waals surface area contributed by atoms with Crippen LogP contribution in [-0.2, 0) is 4.79 Å². The predicted octanol–water partition coefficient (Wildman–Crippen LogP) is 4.98. The fraction of sp³-hybridized carbons (Fsp3) is 0.105. The summed E-state index contributed by atoms with van der Waals surface area (Å²) in [5.74, 6) is 0.138. The van der Waals surface area contributed by atoms with Crippen LogP contribution in [0, 0.1) is 0 Å². The lowest BCUT2D eigenvalue weighted by atomic mass is 9.97. The van der Waals surface area contributed by atoms with Gasteiger partial charge in [0.05, 0.1) is 0 Å². The quantitative estimate of drug-likeness (QED) is 0.779. The Kier molecular flexibility index (Phi) is 4.85. The smallest absolute Gasteiger partial charge is 0.166 e. The van der Waals surface area contributed by atoms with Crippen molar-refractivity contribution in [3.63, 3.8) is 0 Å². The van der Waals surface area contributed by atoms with Crippen molar-refractivity contribution in [1.82, 2.24) is 5.32 Å². The molecule has 1 aliphatic heterocycles. The van der Waals surface area contributed by atoms with Gasteiger partial charge in [0.25, 0.3) is 0 Å². The number of carbonyl (C=O) groups is 1. The normalized spacial score (nSPS) is 18.3. The minimum atomic E-state index is 0.138. The van der Waals surface area contributed by atoms with E-state index in [4.69, 9.17) is 23.2 Å². The van der Waals surface area contributed by atoms with Crippen molar-refractivity contribution >= 4 is 41.1 Å². The van der Waals surface area contributed by atoms with Crippen molar-refractivity contribution in [1.29, 1.82) is 0 Å². The second kappa shape index (κ2) is 7.03. The second-order valence-corrected chi connectivity index (χ2v) is 6.19. The molecule has 23 heavy (non-hydrogen) atoms. The molecule has 1 heterocycles. The van der Waals surface area contributed by atoms with E-state index in [0.29, 0.717) is 28.6 Å². The summed E-state index contributed by atoms with van der Waals surface area (Å²) in [7, 11) is 0.